The maximum absolute atomic E-state index is 9.75. The minimum Gasteiger partial charge on any atom is -0.507 e. The monoisotopic (exact) mass is 477 g/mol. The molecular formula is C17H18N2O2Pt. The molecule has 5 heteroatoms. The van der Waals surface area contributed by atoms with Crippen LogP contribution in [0.2, 0.25) is 0 Å². The van der Waals surface area contributed by atoms with Gasteiger partial charge in [0.1, 0.15) is 18.2 Å². The predicted molar refractivity (Wildman–Crippen MR) is 85.5 cm³/mol. The molecule has 0 aromatic heterocycles. The number of phenolic OH excluding ortho intramolecular Hbond substituents is 2. The molecule has 2 aromatic rings. The van der Waals surface area contributed by atoms with Crippen LogP contribution in [0.4, 0.5) is 0 Å². The Morgan fingerprint density at radius 2 is 1.14 bits per heavy atom. The fourth-order valence-electron chi connectivity index (χ4n) is 1.98. The molecule has 0 atom stereocenters. The zero-order valence-corrected chi connectivity index (χ0v) is 14.7. The zero-order valence-electron chi connectivity index (χ0n) is 12.4. The van der Waals surface area contributed by atoms with Crippen LogP contribution in [-0.4, -0.2) is 28.3 Å². The number of para-hydroxylation sites is 2. The second-order valence-corrected chi connectivity index (χ2v) is 4.66. The van der Waals surface area contributed by atoms with E-state index in [1.165, 1.54) is 0 Å². The van der Waals surface area contributed by atoms with E-state index in [1.54, 1.807) is 24.3 Å². The third kappa shape index (κ3) is 4.54. The Morgan fingerprint density at radius 3 is 1.50 bits per heavy atom. The molecule has 0 saturated heterocycles. The van der Waals surface area contributed by atoms with E-state index >= 15 is 0 Å². The SMILES string of the molecule is CC(=NCN=C(C)c1ccccc1O)c1ccccc1O.[Pt]. The minimum atomic E-state index is 0. The van der Waals surface area contributed by atoms with Gasteiger partial charge in [-0.2, -0.15) is 0 Å². The fraction of sp³-hybridized carbons (Fsp3) is 0.176. The van der Waals surface area contributed by atoms with Crippen molar-refractivity contribution < 1.29 is 31.3 Å². The van der Waals surface area contributed by atoms with Gasteiger partial charge in [-0.1, -0.05) is 24.3 Å². The van der Waals surface area contributed by atoms with Crippen LogP contribution in [0, 0.1) is 0 Å². The molecule has 0 aliphatic carbocycles. The van der Waals surface area contributed by atoms with Crippen molar-refractivity contribution in [3.05, 3.63) is 59.7 Å². The van der Waals surface area contributed by atoms with Gasteiger partial charge in [0.05, 0.1) is 0 Å². The van der Waals surface area contributed by atoms with Crippen molar-refractivity contribution in [1.29, 1.82) is 0 Å². The van der Waals surface area contributed by atoms with Gasteiger partial charge >= 0.3 is 0 Å². The summed E-state index contributed by atoms with van der Waals surface area (Å²) in [5, 5.41) is 19.5. The van der Waals surface area contributed by atoms with Crippen molar-refractivity contribution in [1.82, 2.24) is 0 Å². The van der Waals surface area contributed by atoms with E-state index in [9.17, 15) is 10.2 Å². The predicted octanol–water partition coefficient (Wildman–Crippen LogP) is 3.37. The Kier molecular flexibility index (Phi) is 7.00. The van der Waals surface area contributed by atoms with Gasteiger partial charge in [0.25, 0.3) is 0 Å². The van der Waals surface area contributed by atoms with Crippen molar-refractivity contribution in [3.8, 4) is 11.5 Å². The number of aliphatic imine (C=N–C) groups is 2. The average Bonchev–Trinajstić information content (AvgIpc) is 2.48. The quantitative estimate of drug-likeness (QED) is 0.664. The second-order valence-electron chi connectivity index (χ2n) is 4.66. The third-order valence-corrected chi connectivity index (χ3v) is 3.20. The molecular weight excluding hydrogens is 459 g/mol. The second kappa shape index (κ2) is 8.50. The van der Waals surface area contributed by atoms with Crippen molar-refractivity contribution >= 4 is 11.4 Å². The van der Waals surface area contributed by atoms with Crippen LogP contribution in [0.5, 0.6) is 11.5 Å². The molecule has 0 amide bonds. The Bertz CT molecular complexity index is 637. The van der Waals surface area contributed by atoms with E-state index in [0.717, 1.165) is 11.4 Å². The van der Waals surface area contributed by atoms with E-state index in [2.05, 4.69) is 9.98 Å². The summed E-state index contributed by atoms with van der Waals surface area (Å²) in [4.78, 5) is 8.68. The van der Waals surface area contributed by atoms with E-state index < -0.39 is 0 Å². The summed E-state index contributed by atoms with van der Waals surface area (Å²) >= 11 is 0. The molecule has 2 N–H and O–H groups in total. The fourth-order valence-corrected chi connectivity index (χ4v) is 1.98. The first kappa shape index (κ1) is 18.1. The van der Waals surface area contributed by atoms with Gasteiger partial charge in [-0.05, 0) is 38.1 Å². The molecule has 2 aromatic carbocycles. The zero-order chi connectivity index (χ0) is 15.2. The number of aromatic hydroxyl groups is 2. The first-order chi connectivity index (χ1) is 10.1. The Hall–Kier alpha value is -1.93. The molecule has 0 radical (unpaired) electrons. The van der Waals surface area contributed by atoms with Crippen molar-refractivity contribution in [2.75, 3.05) is 6.67 Å². The number of rotatable bonds is 4. The molecule has 4 nitrogen and oxygen atoms in total. The van der Waals surface area contributed by atoms with Gasteiger partial charge in [-0.25, -0.2) is 0 Å². The summed E-state index contributed by atoms with van der Waals surface area (Å²) in [6.45, 7) is 3.92. The molecule has 0 unspecified atom stereocenters. The molecule has 118 valence electrons. The van der Waals surface area contributed by atoms with Crippen LogP contribution in [0.15, 0.2) is 58.5 Å². The number of hydrogen-bond donors (Lipinski definition) is 2. The molecule has 22 heavy (non-hydrogen) atoms. The van der Waals surface area contributed by atoms with Gasteiger partial charge in [-0.3, -0.25) is 9.98 Å². The van der Waals surface area contributed by atoms with Gasteiger partial charge in [0.2, 0.25) is 0 Å². The van der Waals surface area contributed by atoms with E-state index in [0.29, 0.717) is 11.1 Å². The maximum atomic E-state index is 9.75. The molecule has 0 spiro atoms. The molecule has 0 aliphatic rings. The number of nitrogens with zero attached hydrogens (tertiary/aromatic N) is 2. The van der Waals surface area contributed by atoms with Crippen LogP contribution < -0.4 is 0 Å². The molecule has 0 saturated carbocycles. The number of phenols is 2. The summed E-state index contributed by atoms with van der Waals surface area (Å²) < 4.78 is 0. The molecule has 0 bridgehead atoms. The maximum Gasteiger partial charge on any atom is 0.129 e. The van der Waals surface area contributed by atoms with Crippen LogP contribution in [0.1, 0.15) is 25.0 Å². The summed E-state index contributed by atoms with van der Waals surface area (Å²) in [7, 11) is 0. The summed E-state index contributed by atoms with van der Waals surface area (Å²) in [6, 6.07) is 14.1. The molecule has 0 heterocycles. The van der Waals surface area contributed by atoms with E-state index in [-0.39, 0.29) is 39.2 Å². The molecule has 0 aliphatic heterocycles. The van der Waals surface area contributed by atoms with Crippen molar-refractivity contribution in [2.45, 2.75) is 13.8 Å². The van der Waals surface area contributed by atoms with Crippen LogP contribution in [0.25, 0.3) is 0 Å². The minimum absolute atomic E-state index is 0. The molecule has 2 rings (SSSR count). The Morgan fingerprint density at radius 1 is 0.773 bits per heavy atom. The van der Waals surface area contributed by atoms with Crippen molar-refractivity contribution in [3.63, 3.8) is 0 Å². The average molecular weight is 477 g/mol. The molecule has 0 fully saturated rings. The van der Waals surface area contributed by atoms with E-state index in [1.807, 2.05) is 38.1 Å². The first-order valence-corrected chi connectivity index (χ1v) is 6.68. The van der Waals surface area contributed by atoms with Crippen LogP contribution in [0.3, 0.4) is 0 Å². The Labute approximate surface area is 144 Å². The topological polar surface area (TPSA) is 65.2 Å². The van der Waals surface area contributed by atoms with Gasteiger partial charge in [-0.15, -0.1) is 0 Å². The smallest absolute Gasteiger partial charge is 0.129 e. The van der Waals surface area contributed by atoms with Gasteiger partial charge < -0.3 is 10.2 Å². The van der Waals surface area contributed by atoms with Crippen LogP contribution in [-0.2, 0) is 21.1 Å². The largest absolute Gasteiger partial charge is 0.507 e. The Balaban J connectivity index is 0.00000242. The number of hydrogen-bond acceptors (Lipinski definition) is 4. The third-order valence-electron chi connectivity index (χ3n) is 3.20. The standard InChI is InChI=1S/C17H18N2O2.Pt/c1-12(14-7-3-5-9-16(14)20)18-11-19-13(2)15-8-4-6-10-17(15)21;/h3-10,20-21H,11H2,1-2H3;. The van der Waals surface area contributed by atoms with Crippen LogP contribution >= 0.6 is 0 Å². The summed E-state index contributed by atoms with van der Waals surface area (Å²) in [5.74, 6) is 0.417. The number of benzene rings is 2. The van der Waals surface area contributed by atoms with E-state index in [4.69, 9.17) is 0 Å². The first-order valence-electron chi connectivity index (χ1n) is 6.68. The van der Waals surface area contributed by atoms with Gasteiger partial charge in [0, 0.05) is 43.6 Å². The normalized spacial score (nSPS) is 11.9. The van der Waals surface area contributed by atoms with Gasteiger partial charge in [0.15, 0.2) is 0 Å². The summed E-state index contributed by atoms with van der Waals surface area (Å²) in [5.41, 5.74) is 2.85. The van der Waals surface area contributed by atoms with Crippen molar-refractivity contribution in [2.24, 2.45) is 9.98 Å². The summed E-state index contributed by atoms with van der Waals surface area (Å²) in [6.07, 6.45) is 0.